The van der Waals surface area contributed by atoms with Gasteiger partial charge in [-0.25, -0.2) is 8.42 Å². The Morgan fingerprint density at radius 1 is 1.00 bits per heavy atom. The van der Waals surface area contributed by atoms with Gasteiger partial charge in [0.2, 0.25) is 15.9 Å². The molecule has 0 heterocycles. The number of hydrogen-bond acceptors (Lipinski definition) is 3. The molecule has 0 radical (unpaired) electrons. The molecule has 0 saturated carbocycles. The molecule has 0 spiro atoms. The van der Waals surface area contributed by atoms with Gasteiger partial charge in [0.1, 0.15) is 0 Å². The highest BCUT2D eigenvalue weighted by Gasteiger charge is 2.22. The third-order valence-electron chi connectivity index (χ3n) is 4.00. The molecular weight excluding hydrogens is 396 g/mol. The highest BCUT2D eigenvalue weighted by atomic mass is 35.5. The minimum absolute atomic E-state index is 0.226. The number of sulfonamides is 1. The van der Waals surface area contributed by atoms with Crippen LogP contribution < -0.4 is 5.32 Å². The molecule has 0 fully saturated rings. The average Bonchev–Trinajstić information content (AvgIpc) is 2.68. The van der Waals surface area contributed by atoms with Crippen LogP contribution in [0.15, 0.2) is 59.5 Å². The molecule has 7 heteroatoms. The van der Waals surface area contributed by atoms with Crippen LogP contribution >= 0.6 is 11.6 Å². The molecule has 0 aliphatic heterocycles. The van der Waals surface area contributed by atoms with E-state index in [-0.39, 0.29) is 10.8 Å². The van der Waals surface area contributed by atoms with Gasteiger partial charge in [-0.05, 0) is 60.9 Å². The predicted octanol–water partition coefficient (Wildman–Crippen LogP) is 4.80. The van der Waals surface area contributed by atoms with Crippen LogP contribution in [0.25, 0.3) is 6.08 Å². The molecule has 28 heavy (non-hydrogen) atoms. The largest absolute Gasteiger partial charge is 0.323 e. The molecule has 0 unspecified atom stereocenters. The number of benzene rings is 2. The number of nitrogens with one attached hydrogen (secondary N) is 1. The zero-order chi connectivity index (χ0) is 20.6. The molecule has 2 aromatic rings. The molecule has 0 aliphatic rings. The first kappa shape index (κ1) is 22.1. The Kier molecular flexibility index (Phi) is 8.23. The van der Waals surface area contributed by atoms with E-state index in [2.05, 4.69) is 5.32 Å². The number of hydrogen-bond donors (Lipinski definition) is 1. The number of amides is 1. The number of halogens is 1. The standard InChI is InChI=1S/C21H25ClN2O3S/c1-3-15-24(16-4-2)28(26,27)20-12-10-19(11-13-20)23-21(25)14-7-17-5-8-18(22)9-6-17/h5-14H,3-4,15-16H2,1-2H3,(H,23,25). The lowest BCUT2D eigenvalue weighted by Gasteiger charge is -2.21. The van der Waals surface area contributed by atoms with Crippen LogP contribution in [0.4, 0.5) is 5.69 Å². The maximum Gasteiger partial charge on any atom is 0.248 e. The summed E-state index contributed by atoms with van der Waals surface area (Å²) in [7, 11) is -3.52. The Balaban J connectivity index is 2.05. The van der Waals surface area contributed by atoms with Crippen molar-refractivity contribution in [3.8, 4) is 0 Å². The van der Waals surface area contributed by atoms with Gasteiger partial charge >= 0.3 is 0 Å². The molecule has 2 rings (SSSR count). The lowest BCUT2D eigenvalue weighted by atomic mass is 10.2. The molecular formula is C21H25ClN2O3S. The smallest absolute Gasteiger partial charge is 0.248 e. The van der Waals surface area contributed by atoms with Gasteiger partial charge in [0.05, 0.1) is 4.90 Å². The Morgan fingerprint density at radius 3 is 2.11 bits per heavy atom. The first-order valence-corrected chi connectivity index (χ1v) is 11.0. The van der Waals surface area contributed by atoms with Gasteiger partial charge in [-0.15, -0.1) is 0 Å². The Labute approximate surface area is 172 Å². The monoisotopic (exact) mass is 420 g/mol. The molecule has 0 aromatic heterocycles. The number of nitrogens with zero attached hydrogens (tertiary/aromatic N) is 1. The Hall–Kier alpha value is -2.15. The van der Waals surface area contributed by atoms with Crippen molar-refractivity contribution >= 4 is 39.3 Å². The Morgan fingerprint density at radius 2 is 1.57 bits per heavy atom. The summed E-state index contributed by atoms with van der Waals surface area (Å²) in [6.07, 6.45) is 4.61. The highest BCUT2D eigenvalue weighted by molar-refractivity contribution is 7.89. The van der Waals surface area contributed by atoms with Gasteiger partial charge < -0.3 is 5.32 Å². The van der Waals surface area contributed by atoms with Crippen molar-refractivity contribution in [2.24, 2.45) is 0 Å². The van der Waals surface area contributed by atoms with Crippen LogP contribution in [-0.4, -0.2) is 31.7 Å². The highest BCUT2D eigenvalue weighted by Crippen LogP contribution is 2.19. The topological polar surface area (TPSA) is 66.5 Å². The van der Waals surface area contributed by atoms with Crippen LogP contribution in [0, 0.1) is 0 Å². The quantitative estimate of drug-likeness (QED) is 0.592. The molecule has 2 aromatic carbocycles. The van der Waals surface area contributed by atoms with E-state index in [9.17, 15) is 13.2 Å². The van der Waals surface area contributed by atoms with Crippen LogP contribution in [0.1, 0.15) is 32.3 Å². The van der Waals surface area contributed by atoms with Crippen molar-refractivity contribution in [2.75, 3.05) is 18.4 Å². The van der Waals surface area contributed by atoms with E-state index in [1.807, 2.05) is 26.0 Å². The van der Waals surface area contributed by atoms with Gasteiger partial charge in [0.15, 0.2) is 0 Å². The van der Waals surface area contributed by atoms with Gasteiger partial charge in [0, 0.05) is 29.9 Å². The van der Waals surface area contributed by atoms with Gasteiger partial charge in [-0.3, -0.25) is 4.79 Å². The van der Waals surface area contributed by atoms with E-state index in [4.69, 9.17) is 11.6 Å². The summed E-state index contributed by atoms with van der Waals surface area (Å²) in [5.41, 5.74) is 1.38. The fraction of sp³-hybridized carbons (Fsp3) is 0.286. The molecule has 0 aliphatic carbocycles. The minimum atomic E-state index is -3.52. The van der Waals surface area contributed by atoms with Crippen molar-refractivity contribution in [2.45, 2.75) is 31.6 Å². The second-order valence-electron chi connectivity index (χ2n) is 6.30. The molecule has 0 saturated heterocycles. The van der Waals surface area contributed by atoms with E-state index in [0.717, 1.165) is 18.4 Å². The minimum Gasteiger partial charge on any atom is -0.323 e. The molecule has 1 amide bonds. The normalized spacial score (nSPS) is 11.9. The number of carbonyl (C=O) groups is 1. The number of anilines is 1. The molecule has 1 N–H and O–H groups in total. The second-order valence-corrected chi connectivity index (χ2v) is 8.68. The summed E-state index contributed by atoms with van der Waals surface area (Å²) in [4.78, 5) is 12.3. The van der Waals surface area contributed by atoms with Crippen molar-refractivity contribution in [1.82, 2.24) is 4.31 Å². The molecule has 0 bridgehead atoms. The van der Waals surface area contributed by atoms with E-state index in [1.165, 1.54) is 22.5 Å². The third kappa shape index (κ3) is 6.19. The molecule has 150 valence electrons. The van der Waals surface area contributed by atoms with Crippen molar-refractivity contribution < 1.29 is 13.2 Å². The van der Waals surface area contributed by atoms with E-state index < -0.39 is 10.0 Å². The zero-order valence-corrected chi connectivity index (χ0v) is 17.6. The maximum absolute atomic E-state index is 12.7. The summed E-state index contributed by atoms with van der Waals surface area (Å²) in [6, 6.07) is 13.3. The van der Waals surface area contributed by atoms with Crippen LogP contribution in [0.5, 0.6) is 0 Å². The Bertz CT molecular complexity index is 902. The van der Waals surface area contributed by atoms with Gasteiger partial charge in [-0.2, -0.15) is 4.31 Å². The summed E-state index contributed by atoms with van der Waals surface area (Å²) < 4.78 is 27.0. The lowest BCUT2D eigenvalue weighted by molar-refractivity contribution is -0.111. The zero-order valence-electron chi connectivity index (χ0n) is 16.1. The summed E-state index contributed by atoms with van der Waals surface area (Å²) >= 11 is 5.83. The van der Waals surface area contributed by atoms with E-state index in [0.29, 0.717) is 23.8 Å². The second kappa shape index (κ2) is 10.4. The fourth-order valence-electron chi connectivity index (χ4n) is 2.64. The van der Waals surface area contributed by atoms with Gasteiger partial charge in [-0.1, -0.05) is 37.6 Å². The van der Waals surface area contributed by atoms with Gasteiger partial charge in [0.25, 0.3) is 0 Å². The summed E-state index contributed by atoms with van der Waals surface area (Å²) in [5, 5.41) is 3.35. The third-order valence-corrected chi connectivity index (χ3v) is 6.17. The first-order valence-electron chi connectivity index (χ1n) is 9.21. The molecule has 5 nitrogen and oxygen atoms in total. The lowest BCUT2D eigenvalue weighted by Crippen LogP contribution is -2.32. The summed E-state index contributed by atoms with van der Waals surface area (Å²) in [6.45, 7) is 4.89. The first-order chi connectivity index (χ1) is 13.4. The van der Waals surface area contributed by atoms with Crippen molar-refractivity contribution in [3.63, 3.8) is 0 Å². The SMILES string of the molecule is CCCN(CCC)S(=O)(=O)c1ccc(NC(=O)C=Cc2ccc(Cl)cc2)cc1. The van der Waals surface area contributed by atoms with Crippen LogP contribution in [-0.2, 0) is 14.8 Å². The number of rotatable bonds is 9. The van der Waals surface area contributed by atoms with Crippen molar-refractivity contribution in [1.29, 1.82) is 0 Å². The van der Waals surface area contributed by atoms with E-state index in [1.54, 1.807) is 30.3 Å². The number of carbonyl (C=O) groups excluding carboxylic acids is 1. The molecule has 0 atom stereocenters. The van der Waals surface area contributed by atoms with Crippen LogP contribution in [0.2, 0.25) is 5.02 Å². The average molecular weight is 421 g/mol. The van der Waals surface area contributed by atoms with Crippen molar-refractivity contribution in [3.05, 3.63) is 65.2 Å². The van der Waals surface area contributed by atoms with Crippen LogP contribution in [0.3, 0.4) is 0 Å². The maximum atomic E-state index is 12.7. The predicted molar refractivity (Wildman–Crippen MR) is 115 cm³/mol. The fourth-order valence-corrected chi connectivity index (χ4v) is 4.39. The van der Waals surface area contributed by atoms with E-state index >= 15 is 0 Å². The summed E-state index contributed by atoms with van der Waals surface area (Å²) in [5.74, 6) is -0.302.